The Hall–Kier alpha value is -0.670. The molecule has 19 heavy (non-hydrogen) atoms. The van der Waals surface area contributed by atoms with E-state index in [-0.39, 0.29) is 0 Å². The van der Waals surface area contributed by atoms with Crippen LogP contribution in [0.5, 0.6) is 5.75 Å². The van der Waals surface area contributed by atoms with Crippen molar-refractivity contribution >= 4 is 11.8 Å². The molecule has 0 saturated heterocycles. The van der Waals surface area contributed by atoms with Crippen molar-refractivity contribution in [2.24, 2.45) is 0 Å². The molecule has 1 N–H and O–H groups in total. The van der Waals surface area contributed by atoms with Gasteiger partial charge in [-0.1, -0.05) is 19.9 Å². The summed E-state index contributed by atoms with van der Waals surface area (Å²) in [6.07, 6.45) is 1.21. The number of thioether (sulfide) groups is 1. The van der Waals surface area contributed by atoms with Crippen molar-refractivity contribution in [2.45, 2.75) is 51.2 Å². The van der Waals surface area contributed by atoms with Gasteiger partial charge in [0.15, 0.2) is 0 Å². The van der Waals surface area contributed by atoms with E-state index in [2.05, 4.69) is 44.3 Å². The number of ether oxygens (including phenoxy) is 1. The van der Waals surface area contributed by atoms with Gasteiger partial charge in [0.25, 0.3) is 0 Å². The number of benzene rings is 1. The molecule has 0 aliphatic heterocycles. The summed E-state index contributed by atoms with van der Waals surface area (Å²) in [5.74, 6) is 2.06. The zero-order valence-corrected chi connectivity index (χ0v) is 13.6. The molecule has 2 nitrogen and oxygen atoms in total. The lowest BCUT2D eigenvalue weighted by molar-refractivity contribution is 0.337. The summed E-state index contributed by atoms with van der Waals surface area (Å²) in [6.45, 7) is 9.46. The Bertz CT molecular complexity index is 381. The summed E-state index contributed by atoms with van der Waals surface area (Å²) in [7, 11) is 1.99. The van der Waals surface area contributed by atoms with Crippen molar-refractivity contribution in [3.05, 3.63) is 29.3 Å². The highest BCUT2D eigenvalue weighted by atomic mass is 32.2. The first-order valence-corrected chi connectivity index (χ1v) is 8.21. The quantitative estimate of drug-likeness (QED) is 0.763. The van der Waals surface area contributed by atoms with Gasteiger partial charge in [-0.2, -0.15) is 11.8 Å². The van der Waals surface area contributed by atoms with Crippen LogP contribution >= 0.6 is 11.8 Å². The topological polar surface area (TPSA) is 21.3 Å². The molecular formula is C16H27NOS. The number of hydrogen-bond donors (Lipinski definition) is 1. The highest BCUT2D eigenvalue weighted by Crippen LogP contribution is 2.29. The van der Waals surface area contributed by atoms with Gasteiger partial charge in [0.1, 0.15) is 5.75 Å². The van der Waals surface area contributed by atoms with Gasteiger partial charge >= 0.3 is 0 Å². The minimum Gasteiger partial charge on any atom is -0.494 e. The second-order valence-corrected chi connectivity index (χ2v) is 6.27. The van der Waals surface area contributed by atoms with Crippen molar-refractivity contribution < 1.29 is 4.74 Å². The minimum atomic E-state index is 0.378. The summed E-state index contributed by atoms with van der Waals surface area (Å²) < 4.78 is 5.74. The van der Waals surface area contributed by atoms with Crippen LogP contribution in [0.2, 0.25) is 0 Å². The lowest BCUT2D eigenvalue weighted by Crippen LogP contribution is -2.12. The van der Waals surface area contributed by atoms with Crippen LogP contribution in [0, 0.1) is 0 Å². The highest BCUT2D eigenvalue weighted by Gasteiger charge is 2.10. The maximum Gasteiger partial charge on any atom is 0.123 e. The van der Waals surface area contributed by atoms with Crippen molar-refractivity contribution in [1.82, 2.24) is 5.32 Å². The van der Waals surface area contributed by atoms with E-state index >= 15 is 0 Å². The predicted molar refractivity (Wildman–Crippen MR) is 86.1 cm³/mol. The first kappa shape index (κ1) is 16.4. The van der Waals surface area contributed by atoms with Crippen LogP contribution < -0.4 is 10.1 Å². The van der Waals surface area contributed by atoms with E-state index in [4.69, 9.17) is 4.74 Å². The molecule has 2 atom stereocenters. The van der Waals surface area contributed by atoms with Crippen LogP contribution in [0.4, 0.5) is 0 Å². The summed E-state index contributed by atoms with van der Waals surface area (Å²) in [4.78, 5) is 0. The molecule has 2 unspecified atom stereocenters. The lowest BCUT2D eigenvalue weighted by atomic mass is 10.1. The molecule has 0 fully saturated rings. The standard InChI is InChI=1S/C16H27NOS/c1-6-12(3)19-11-15-10-14(13(4)17-5)8-9-16(15)18-7-2/h8-10,12-13,17H,6-7,11H2,1-5H3. The third kappa shape index (κ3) is 5.07. The molecule has 108 valence electrons. The van der Waals surface area contributed by atoms with Gasteiger partial charge in [0.05, 0.1) is 6.61 Å². The maximum atomic E-state index is 5.74. The molecular weight excluding hydrogens is 254 g/mol. The van der Waals surface area contributed by atoms with E-state index in [1.807, 2.05) is 25.7 Å². The molecule has 1 rings (SSSR count). The molecule has 0 saturated carbocycles. The number of hydrogen-bond acceptors (Lipinski definition) is 3. The van der Waals surface area contributed by atoms with Gasteiger partial charge in [-0.15, -0.1) is 0 Å². The largest absolute Gasteiger partial charge is 0.494 e. The lowest BCUT2D eigenvalue weighted by Gasteiger charge is -2.16. The molecule has 0 aliphatic carbocycles. The van der Waals surface area contributed by atoms with Gasteiger partial charge in [-0.3, -0.25) is 0 Å². The first-order valence-electron chi connectivity index (χ1n) is 7.16. The third-order valence-corrected chi connectivity index (χ3v) is 4.80. The first-order chi connectivity index (χ1) is 9.12. The SMILES string of the molecule is CCOc1ccc(C(C)NC)cc1CSC(C)CC. The third-order valence-electron chi connectivity index (χ3n) is 3.42. The fraction of sp³-hybridized carbons (Fsp3) is 0.625. The minimum absolute atomic E-state index is 0.378. The van der Waals surface area contributed by atoms with Gasteiger partial charge in [0.2, 0.25) is 0 Å². The van der Waals surface area contributed by atoms with Gasteiger partial charge in [0, 0.05) is 22.6 Å². The van der Waals surface area contributed by atoms with Crippen LogP contribution in [0.1, 0.15) is 51.3 Å². The van der Waals surface area contributed by atoms with E-state index in [0.29, 0.717) is 11.3 Å². The van der Waals surface area contributed by atoms with Crippen LogP contribution in [-0.2, 0) is 5.75 Å². The highest BCUT2D eigenvalue weighted by molar-refractivity contribution is 7.99. The zero-order valence-electron chi connectivity index (χ0n) is 12.8. The molecule has 1 aromatic rings. The van der Waals surface area contributed by atoms with E-state index in [1.165, 1.54) is 17.5 Å². The summed E-state index contributed by atoms with van der Waals surface area (Å²) in [5.41, 5.74) is 2.64. The Kier molecular flexibility index (Phi) is 7.32. The van der Waals surface area contributed by atoms with E-state index in [1.54, 1.807) is 0 Å². The van der Waals surface area contributed by atoms with E-state index < -0.39 is 0 Å². The van der Waals surface area contributed by atoms with Gasteiger partial charge < -0.3 is 10.1 Å². The molecule has 0 radical (unpaired) electrons. The van der Waals surface area contributed by atoms with Crippen LogP contribution in [0.15, 0.2) is 18.2 Å². The van der Waals surface area contributed by atoms with Crippen molar-refractivity contribution in [1.29, 1.82) is 0 Å². The molecule has 0 aliphatic rings. The van der Waals surface area contributed by atoms with Crippen molar-refractivity contribution in [3.8, 4) is 5.75 Å². The van der Waals surface area contributed by atoms with Crippen molar-refractivity contribution in [2.75, 3.05) is 13.7 Å². The Labute approximate surface area is 122 Å². The maximum absolute atomic E-state index is 5.74. The number of rotatable bonds is 8. The zero-order chi connectivity index (χ0) is 14.3. The smallest absolute Gasteiger partial charge is 0.123 e. The van der Waals surface area contributed by atoms with Crippen molar-refractivity contribution in [3.63, 3.8) is 0 Å². The summed E-state index contributed by atoms with van der Waals surface area (Å²) in [5, 5.41) is 3.98. The average Bonchev–Trinajstić information content (AvgIpc) is 2.45. The molecule has 3 heteroatoms. The second-order valence-electron chi connectivity index (χ2n) is 4.84. The van der Waals surface area contributed by atoms with Gasteiger partial charge in [-0.05, 0) is 45.0 Å². The molecule has 1 aromatic carbocycles. The van der Waals surface area contributed by atoms with E-state index in [9.17, 15) is 0 Å². The Balaban J connectivity index is 2.88. The fourth-order valence-electron chi connectivity index (χ4n) is 1.79. The van der Waals surface area contributed by atoms with Crippen LogP contribution in [-0.4, -0.2) is 18.9 Å². The van der Waals surface area contributed by atoms with Crippen LogP contribution in [0.25, 0.3) is 0 Å². The Morgan fingerprint density at radius 3 is 2.58 bits per heavy atom. The Morgan fingerprint density at radius 2 is 2.00 bits per heavy atom. The normalized spacial score (nSPS) is 14.2. The molecule has 0 amide bonds. The van der Waals surface area contributed by atoms with Gasteiger partial charge in [-0.25, -0.2) is 0 Å². The second kappa shape index (κ2) is 8.49. The van der Waals surface area contributed by atoms with E-state index in [0.717, 1.165) is 18.1 Å². The Morgan fingerprint density at radius 1 is 1.26 bits per heavy atom. The molecule has 0 spiro atoms. The molecule has 0 aromatic heterocycles. The van der Waals surface area contributed by atoms with Crippen LogP contribution in [0.3, 0.4) is 0 Å². The predicted octanol–water partition coefficient (Wildman–Crippen LogP) is 4.40. The molecule has 0 heterocycles. The summed E-state index contributed by atoms with van der Waals surface area (Å²) in [6, 6.07) is 6.92. The average molecular weight is 281 g/mol. The fourth-order valence-corrected chi connectivity index (χ4v) is 2.72. The molecule has 0 bridgehead atoms. The summed E-state index contributed by atoms with van der Waals surface area (Å²) >= 11 is 2.00. The number of nitrogens with one attached hydrogen (secondary N) is 1. The monoisotopic (exact) mass is 281 g/mol.